The lowest BCUT2D eigenvalue weighted by molar-refractivity contribution is -0.132. The van der Waals surface area contributed by atoms with Gasteiger partial charge in [-0.1, -0.05) is 13.8 Å². The minimum atomic E-state index is -0.463. The molecule has 2 amide bonds. The van der Waals surface area contributed by atoms with Gasteiger partial charge in [0.05, 0.1) is 6.61 Å². The van der Waals surface area contributed by atoms with Crippen molar-refractivity contribution in [2.24, 2.45) is 11.8 Å². The topological polar surface area (TPSA) is 79.5 Å². The molecule has 1 aliphatic rings. The molecule has 1 rings (SSSR count). The second-order valence-corrected chi connectivity index (χ2v) is 6.55. The van der Waals surface area contributed by atoms with E-state index in [-0.39, 0.29) is 17.7 Å². The first-order valence-electron chi connectivity index (χ1n) is 8.24. The lowest BCUT2D eigenvalue weighted by atomic mass is 9.92. The molecule has 3 N–H and O–H groups in total. The number of carbonyl (C=O) groups is 2. The zero-order valence-corrected chi connectivity index (χ0v) is 14.3. The van der Waals surface area contributed by atoms with Crippen LogP contribution in [0.5, 0.6) is 0 Å². The molecule has 1 heterocycles. The Morgan fingerprint density at radius 2 is 2.09 bits per heavy atom. The summed E-state index contributed by atoms with van der Waals surface area (Å²) in [5, 5.41) is 9.10. The molecule has 0 aliphatic carbocycles. The van der Waals surface area contributed by atoms with Crippen LogP contribution in [0.15, 0.2) is 0 Å². The fourth-order valence-corrected chi connectivity index (χ4v) is 2.76. The summed E-state index contributed by atoms with van der Waals surface area (Å²) in [7, 11) is 1.60. The minimum absolute atomic E-state index is 0.000825. The van der Waals surface area contributed by atoms with Crippen molar-refractivity contribution in [2.45, 2.75) is 52.1 Å². The van der Waals surface area contributed by atoms with Gasteiger partial charge in [-0.25, -0.2) is 0 Å². The smallest absolute Gasteiger partial charge is 0.242 e. The highest BCUT2D eigenvalue weighted by Crippen LogP contribution is 2.17. The highest BCUT2D eigenvalue weighted by molar-refractivity contribution is 5.88. The van der Waals surface area contributed by atoms with Gasteiger partial charge in [-0.05, 0) is 38.6 Å². The number of nitrogens with one attached hydrogen (secondary N) is 3. The maximum atomic E-state index is 12.4. The average molecular weight is 313 g/mol. The van der Waals surface area contributed by atoms with E-state index in [1.807, 2.05) is 13.8 Å². The predicted octanol–water partition coefficient (Wildman–Crippen LogP) is 0.668. The Balaban J connectivity index is 2.55. The largest absolute Gasteiger partial charge is 0.383 e. The van der Waals surface area contributed by atoms with Crippen molar-refractivity contribution in [3.05, 3.63) is 0 Å². The quantitative estimate of drug-likeness (QED) is 0.575. The first kappa shape index (κ1) is 18.9. The van der Waals surface area contributed by atoms with Crippen LogP contribution in [0, 0.1) is 11.8 Å². The van der Waals surface area contributed by atoms with E-state index in [1.165, 1.54) is 0 Å². The number of ether oxygens (including phenoxy) is 1. The molecule has 6 nitrogen and oxygen atoms in total. The van der Waals surface area contributed by atoms with Crippen molar-refractivity contribution in [2.75, 3.05) is 26.8 Å². The van der Waals surface area contributed by atoms with E-state index in [0.717, 1.165) is 19.4 Å². The van der Waals surface area contributed by atoms with E-state index in [9.17, 15) is 9.59 Å². The molecule has 1 fully saturated rings. The molecule has 6 heteroatoms. The number of rotatable bonds is 8. The van der Waals surface area contributed by atoms with E-state index in [0.29, 0.717) is 31.5 Å². The molecule has 0 aromatic rings. The number of methoxy groups -OCH3 is 1. The third-order valence-corrected chi connectivity index (χ3v) is 3.94. The molecule has 1 saturated heterocycles. The zero-order chi connectivity index (χ0) is 16.5. The summed E-state index contributed by atoms with van der Waals surface area (Å²) in [6.45, 7) is 7.98. The van der Waals surface area contributed by atoms with Gasteiger partial charge in [-0.2, -0.15) is 0 Å². The first-order valence-corrected chi connectivity index (χ1v) is 8.24. The molecule has 0 bridgehead atoms. The summed E-state index contributed by atoms with van der Waals surface area (Å²) in [5.74, 6) is 0.213. The Kier molecular flexibility index (Phi) is 8.42. The molecule has 1 aliphatic heterocycles. The van der Waals surface area contributed by atoms with Crippen molar-refractivity contribution in [1.82, 2.24) is 16.0 Å². The van der Waals surface area contributed by atoms with Crippen LogP contribution in [0.4, 0.5) is 0 Å². The minimum Gasteiger partial charge on any atom is -0.383 e. The fourth-order valence-electron chi connectivity index (χ4n) is 2.76. The maximum absolute atomic E-state index is 12.4. The van der Waals surface area contributed by atoms with Crippen LogP contribution in [0.2, 0.25) is 0 Å². The van der Waals surface area contributed by atoms with Crippen molar-refractivity contribution >= 4 is 11.8 Å². The molecule has 0 saturated carbocycles. The molecule has 3 atom stereocenters. The third-order valence-electron chi connectivity index (χ3n) is 3.94. The lowest BCUT2D eigenvalue weighted by Crippen LogP contribution is -2.51. The van der Waals surface area contributed by atoms with E-state index in [4.69, 9.17) is 4.74 Å². The molecule has 0 spiro atoms. The number of piperidine rings is 1. The van der Waals surface area contributed by atoms with Crippen molar-refractivity contribution in [1.29, 1.82) is 0 Å². The second-order valence-electron chi connectivity index (χ2n) is 6.55. The van der Waals surface area contributed by atoms with E-state index >= 15 is 0 Å². The predicted molar refractivity (Wildman–Crippen MR) is 86.5 cm³/mol. The van der Waals surface area contributed by atoms with Gasteiger partial charge in [0.2, 0.25) is 11.8 Å². The molecule has 22 heavy (non-hydrogen) atoms. The third kappa shape index (κ3) is 6.75. The van der Waals surface area contributed by atoms with E-state index in [1.54, 1.807) is 7.11 Å². The second kappa shape index (κ2) is 9.79. The lowest BCUT2D eigenvalue weighted by Gasteiger charge is -2.29. The molecule has 0 aromatic heterocycles. The molecule has 0 unspecified atom stereocenters. The van der Waals surface area contributed by atoms with E-state index in [2.05, 4.69) is 22.9 Å². The normalized spacial score (nSPS) is 23.1. The van der Waals surface area contributed by atoms with Crippen LogP contribution in [-0.4, -0.2) is 50.7 Å². The standard InChI is InChI=1S/C16H31N3O3/c1-11(2)9-14(16(21)18-7-8-22-4)19-15(20)13-5-6-17-12(3)10-13/h11-14,17H,5-10H2,1-4H3,(H,18,21)(H,19,20)/t12-,13-,14-/m0/s1. The summed E-state index contributed by atoms with van der Waals surface area (Å²) < 4.78 is 4.93. The highest BCUT2D eigenvalue weighted by atomic mass is 16.5. The first-order chi connectivity index (χ1) is 10.4. The number of hydrogen-bond acceptors (Lipinski definition) is 4. The molecular weight excluding hydrogens is 282 g/mol. The molecule has 128 valence electrons. The van der Waals surface area contributed by atoms with Gasteiger partial charge in [-0.15, -0.1) is 0 Å². The van der Waals surface area contributed by atoms with Crippen LogP contribution >= 0.6 is 0 Å². The monoisotopic (exact) mass is 313 g/mol. The van der Waals surface area contributed by atoms with Gasteiger partial charge in [0.1, 0.15) is 6.04 Å². The van der Waals surface area contributed by atoms with Crippen LogP contribution < -0.4 is 16.0 Å². The Hall–Kier alpha value is -1.14. The molecule has 0 radical (unpaired) electrons. The Morgan fingerprint density at radius 1 is 1.36 bits per heavy atom. The van der Waals surface area contributed by atoms with Gasteiger partial charge in [-0.3, -0.25) is 9.59 Å². The number of carbonyl (C=O) groups excluding carboxylic acids is 2. The highest BCUT2D eigenvalue weighted by Gasteiger charge is 2.28. The summed E-state index contributed by atoms with van der Waals surface area (Å²) in [5.41, 5.74) is 0. The average Bonchev–Trinajstić information content (AvgIpc) is 2.46. The van der Waals surface area contributed by atoms with Gasteiger partial charge in [0, 0.05) is 25.6 Å². The Morgan fingerprint density at radius 3 is 2.68 bits per heavy atom. The van der Waals surface area contributed by atoms with Gasteiger partial charge in [0.15, 0.2) is 0 Å². The summed E-state index contributed by atoms with van der Waals surface area (Å²) in [6, 6.07) is -0.113. The maximum Gasteiger partial charge on any atom is 0.242 e. The van der Waals surface area contributed by atoms with E-state index < -0.39 is 6.04 Å². The van der Waals surface area contributed by atoms with Crippen molar-refractivity contribution < 1.29 is 14.3 Å². The summed E-state index contributed by atoms with van der Waals surface area (Å²) in [4.78, 5) is 24.7. The number of hydrogen-bond donors (Lipinski definition) is 3. The molecular formula is C16H31N3O3. The summed E-state index contributed by atoms with van der Waals surface area (Å²) >= 11 is 0. The summed E-state index contributed by atoms with van der Waals surface area (Å²) in [6.07, 6.45) is 2.30. The van der Waals surface area contributed by atoms with Crippen LogP contribution in [0.1, 0.15) is 40.0 Å². The van der Waals surface area contributed by atoms with Crippen LogP contribution in [0.3, 0.4) is 0 Å². The van der Waals surface area contributed by atoms with Crippen LogP contribution in [0.25, 0.3) is 0 Å². The SMILES string of the molecule is COCCNC(=O)[C@H](CC(C)C)NC(=O)[C@H]1CCN[C@@H](C)C1. The van der Waals surface area contributed by atoms with Crippen molar-refractivity contribution in [3.63, 3.8) is 0 Å². The van der Waals surface area contributed by atoms with Crippen molar-refractivity contribution in [3.8, 4) is 0 Å². The van der Waals surface area contributed by atoms with Gasteiger partial charge >= 0.3 is 0 Å². The fraction of sp³-hybridized carbons (Fsp3) is 0.875. The molecule has 0 aromatic carbocycles. The Bertz CT molecular complexity index is 361. The van der Waals surface area contributed by atoms with Crippen LogP contribution in [-0.2, 0) is 14.3 Å². The zero-order valence-electron chi connectivity index (χ0n) is 14.3. The van der Waals surface area contributed by atoms with Gasteiger partial charge < -0.3 is 20.7 Å². The number of amides is 2. The van der Waals surface area contributed by atoms with Gasteiger partial charge in [0.25, 0.3) is 0 Å². The Labute approximate surface area is 133 Å².